The largest absolute Gasteiger partial charge is 0.497 e. The summed E-state index contributed by atoms with van der Waals surface area (Å²) in [6, 6.07) is 7.29. The molecule has 224 valence electrons. The van der Waals surface area contributed by atoms with E-state index >= 15 is 0 Å². The highest BCUT2D eigenvalue weighted by Crippen LogP contribution is 2.37. The number of piperidine rings is 1. The van der Waals surface area contributed by atoms with Gasteiger partial charge in [0.15, 0.2) is 0 Å². The third-order valence-electron chi connectivity index (χ3n) is 8.68. The number of fused-ring (bicyclic) bond motifs is 1. The molecule has 5 rings (SSSR count). The van der Waals surface area contributed by atoms with Gasteiger partial charge in [0, 0.05) is 50.0 Å². The number of aliphatic hydroxyl groups excluding tert-OH is 1. The van der Waals surface area contributed by atoms with Crippen molar-refractivity contribution in [3.05, 3.63) is 70.7 Å². The van der Waals surface area contributed by atoms with Crippen molar-refractivity contribution in [1.29, 1.82) is 0 Å². The maximum atomic E-state index is 13.9. The minimum absolute atomic E-state index is 0.115. The van der Waals surface area contributed by atoms with Crippen LogP contribution < -0.4 is 4.74 Å². The van der Waals surface area contributed by atoms with E-state index in [-0.39, 0.29) is 12.0 Å². The molecule has 2 saturated heterocycles. The molecule has 6 nitrogen and oxygen atoms in total. The smallest absolute Gasteiger partial charge is 0.144 e. The van der Waals surface area contributed by atoms with Crippen LogP contribution in [-0.4, -0.2) is 79.5 Å². The van der Waals surface area contributed by atoms with Crippen LogP contribution in [-0.2, 0) is 17.7 Å². The number of pyridine rings is 1. The number of nitrogens with zero attached hydrogens (tertiary/aromatic N) is 3. The van der Waals surface area contributed by atoms with Crippen molar-refractivity contribution in [3.8, 4) is 17.6 Å². The number of morpholine rings is 1. The number of benzene rings is 2. The lowest BCUT2D eigenvalue weighted by molar-refractivity contribution is 0.0339. The lowest BCUT2D eigenvalue weighted by Crippen LogP contribution is -2.42. The van der Waals surface area contributed by atoms with Crippen LogP contribution in [0.5, 0.6) is 5.75 Å². The molecule has 3 aromatic rings. The third-order valence-corrected chi connectivity index (χ3v) is 8.68. The normalized spacial score (nSPS) is 17.6. The molecule has 0 amide bonds. The van der Waals surface area contributed by atoms with Gasteiger partial charge < -0.3 is 14.6 Å². The van der Waals surface area contributed by atoms with Crippen molar-refractivity contribution in [3.63, 3.8) is 0 Å². The van der Waals surface area contributed by atoms with E-state index in [2.05, 4.69) is 27.7 Å². The van der Waals surface area contributed by atoms with E-state index in [1.54, 1.807) is 7.11 Å². The Morgan fingerprint density at radius 2 is 1.76 bits per heavy atom. The van der Waals surface area contributed by atoms with E-state index in [0.717, 1.165) is 94.7 Å². The van der Waals surface area contributed by atoms with Gasteiger partial charge in [-0.2, -0.15) is 0 Å². The Balaban J connectivity index is 1.23. The van der Waals surface area contributed by atoms with Crippen molar-refractivity contribution in [2.45, 2.75) is 38.6 Å². The first kappa shape index (κ1) is 30.3. The fourth-order valence-electron chi connectivity index (χ4n) is 6.04. The van der Waals surface area contributed by atoms with Crippen molar-refractivity contribution in [1.82, 2.24) is 14.8 Å². The highest BCUT2D eigenvalue weighted by molar-refractivity contribution is 5.84. The minimum Gasteiger partial charge on any atom is -0.497 e. The summed E-state index contributed by atoms with van der Waals surface area (Å²) in [7, 11) is 1.67. The molecule has 0 radical (unpaired) electrons. The first-order valence-electron chi connectivity index (χ1n) is 14.6. The average Bonchev–Trinajstić information content (AvgIpc) is 3.00. The van der Waals surface area contributed by atoms with E-state index in [9.17, 15) is 18.3 Å². The Morgan fingerprint density at radius 1 is 1.02 bits per heavy atom. The maximum Gasteiger partial charge on any atom is 0.144 e. The van der Waals surface area contributed by atoms with E-state index in [0.29, 0.717) is 18.7 Å². The topological polar surface area (TPSA) is 58.1 Å². The predicted octanol–water partition coefficient (Wildman–Crippen LogP) is 4.94. The van der Waals surface area contributed by atoms with Gasteiger partial charge in [0.1, 0.15) is 23.2 Å². The van der Waals surface area contributed by atoms with Crippen LogP contribution >= 0.6 is 0 Å². The number of methoxy groups -OCH3 is 1. The molecule has 2 aromatic carbocycles. The predicted molar refractivity (Wildman–Crippen MR) is 156 cm³/mol. The molecule has 42 heavy (non-hydrogen) atoms. The fourth-order valence-corrected chi connectivity index (χ4v) is 6.04. The van der Waals surface area contributed by atoms with Crippen LogP contribution in [0, 0.1) is 34.7 Å². The number of hydrogen-bond acceptors (Lipinski definition) is 6. The highest BCUT2D eigenvalue weighted by atomic mass is 19.1. The zero-order valence-corrected chi connectivity index (χ0v) is 24.1. The van der Waals surface area contributed by atoms with Gasteiger partial charge in [-0.05, 0) is 79.9 Å². The molecule has 2 aliphatic rings. The van der Waals surface area contributed by atoms with Crippen LogP contribution in [0.4, 0.5) is 13.2 Å². The lowest BCUT2D eigenvalue weighted by atomic mass is 9.75. The maximum absolute atomic E-state index is 13.9. The number of ether oxygens (including phenoxy) is 2. The summed E-state index contributed by atoms with van der Waals surface area (Å²) in [5.74, 6) is 3.21. The summed E-state index contributed by atoms with van der Waals surface area (Å²) >= 11 is 0. The Hall–Kier alpha value is -3.16. The van der Waals surface area contributed by atoms with Crippen LogP contribution in [0.15, 0.2) is 36.5 Å². The molecule has 0 spiro atoms. The number of rotatable bonds is 9. The second kappa shape index (κ2) is 13.9. The molecule has 0 aliphatic carbocycles. The standard InChI is InChI=1S/C33H38F3N3O3/c1-41-26-6-7-32-29(20-26)27(24(21-37-32)22-39-14-16-42-17-15-39)4-2-8-33(23-40)9-12-38(13-10-33)11-3-5-28-30(35)18-25(34)19-31(28)36/h6-7,18-21,40H,2,4,8-17,22-23H2,1H3. The number of aromatic nitrogens is 1. The highest BCUT2D eigenvalue weighted by Gasteiger charge is 2.33. The average molecular weight is 582 g/mol. The minimum atomic E-state index is -0.994. The van der Waals surface area contributed by atoms with Crippen LogP contribution in [0.25, 0.3) is 10.9 Å². The molecular weight excluding hydrogens is 543 g/mol. The molecule has 0 unspecified atom stereocenters. The zero-order valence-electron chi connectivity index (χ0n) is 24.1. The first-order valence-corrected chi connectivity index (χ1v) is 14.6. The Morgan fingerprint density at radius 3 is 2.45 bits per heavy atom. The van der Waals surface area contributed by atoms with Crippen LogP contribution in [0.2, 0.25) is 0 Å². The molecular formula is C33H38F3N3O3. The van der Waals surface area contributed by atoms with Crippen molar-refractivity contribution >= 4 is 10.9 Å². The zero-order chi connectivity index (χ0) is 29.5. The van der Waals surface area contributed by atoms with Gasteiger partial charge in [-0.1, -0.05) is 11.8 Å². The molecule has 1 aromatic heterocycles. The van der Waals surface area contributed by atoms with E-state index in [1.807, 2.05) is 18.3 Å². The van der Waals surface area contributed by atoms with Crippen molar-refractivity contribution < 1.29 is 27.8 Å². The van der Waals surface area contributed by atoms with Gasteiger partial charge in [-0.25, -0.2) is 13.2 Å². The van der Waals surface area contributed by atoms with Crippen LogP contribution in [0.1, 0.15) is 42.4 Å². The number of halogens is 3. The second-order valence-corrected chi connectivity index (χ2v) is 11.4. The molecule has 2 aliphatic heterocycles. The Kier molecular flexibility index (Phi) is 10.0. The summed E-state index contributed by atoms with van der Waals surface area (Å²) in [4.78, 5) is 9.28. The Labute approximate surface area is 245 Å². The quantitative estimate of drug-likeness (QED) is 0.362. The molecule has 0 bridgehead atoms. The van der Waals surface area contributed by atoms with Crippen molar-refractivity contribution in [2.24, 2.45) is 5.41 Å². The number of aliphatic hydroxyl groups is 1. The van der Waals surface area contributed by atoms with Gasteiger partial charge in [0.05, 0.1) is 37.9 Å². The molecule has 9 heteroatoms. The summed E-state index contributed by atoms with van der Waals surface area (Å²) in [6.07, 6.45) is 6.32. The molecule has 2 fully saturated rings. The van der Waals surface area contributed by atoms with Gasteiger partial charge in [0.25, 0.3) is 0 Å². The van der Waals surface area contributed by atoms with Gasteiger partial charge in [0.2, 0.25) is 0 Å². The number of aryl methyl sites for hydroxylation is 1. The SMILES string of the molecule is COc1ccc2ncc(CN3CCOCC3)c(CCCC3(CO)CCN(CC#Cc4c(F)cc(F)cc4F)CC3)c2c1. The van der Waals surface area contributed by atoms with Crippen LogP contribution in [0.3, 0.4) is 0 Å². The number of likely N-dealkylation sites (tertiary alicyclic amines) is 1. The van der Waals surface area contributed by atoms with Crippen molar-refractivity contribution in [2.75, 3.05) is 59.7 Å². The molecule has 3 heterocycles. The molecule has 1 N–H and O–H groups in total. The summed E-state index contributed by atoms with van der Waals surface area (Å²) < 4.78 is 52.0. The number of hydrogen-bond donors (Lipinski definition) is 1. The fraction of sp³-hybridized carbons (Fsp3) is 0.485. The summed E-state index contributed by atoms with van der Waals surface area (Å²) in [5, 5.41) is 11.6. The van der Waals surface area contributed by atoms with Gasteiger partial charge in [-0.3, -0.25) is 14.8 Å². The van der Waals surface area contributed by atoms with E-state index < -0.39 is 23.0 Å². The molecule has 0 atom stereocenters. The lowest BCUT2D eigenvalue weighted by Gasteiger charge is -2.40. The van der Waals surface area contributed by atoms with Gasteiger partial charge >= 0.3 is 0 Å². The summed E-state index contributed by atoms with van der Waals surface area (Å²) in [6.45, 7) is 6.05. The van der Waals surface area contributed by atoms with Gasteiger partial charge in [-0.15, -0.1) is 0 Å². The van der Waals surface area contributed by atoms with E-state index in [1.165, 1.54) is 11.1 Å². The summed E-state index contributed by atoms with van der Waals surface area (Å²) in [5.41, 5.74) is 2.87. The second-order valence-electron chi connectivity index (χ2n) is 11.4. The molecule has 0 saturated carbocycles. The monoisotopic (exact) mass is 581 g/mol. The first-order chi connectivity index (χ1) is 20.4. The van der Waals surface area contributed by atoms with E-state index in [4.69, 9.17) is 14.5 Å². The Bertz CT molecular complexity index is 1420. The third kappa shape index (κ3) is 7.24.